The molecule has 6 heteroatoms. The summed E-state index contributed by atoms with van der Waals surface area (Å²) in [6.07, 6.45) is 42.3. The van der Waals surface area contributed by atoms with Gasteiger partial charge >= 0.3 is 17.9 Å². The van der Waals surface area contributed by atoms with Gasteiger partial charge in [0.25, 0.3) is 0 Å². The molecule has 0 unspecified atom stereocenters. The molecular weight excluding hydrogens is 697 g/mol. The van der Waals surface area contributed by atoms with Crippen LogP contribution in [0.4, 0.5) is 0 Å². The van der Waals surface area contributed by atoms with Gasteiger partial charge in [0.2, 0.25) is 0 Å². The number of hydrogen-bond donors (Lipinski definition) is 0. The van der Waals surface area contributed by atoms with Crippen molar-refractivity contribution in [2.75, 3.05) is 13.2 Å². The van der Waals surface area contributed by atoms with Crippen molar-refractivity contribution in [3.63, 3.8) is 0 Å². The highest BCUT2D eigenvalue weighted by atomic mass is 16.6. The maximum absolute atomic E-state index is 12.7. The molecule has 332 valence electrons. The predicted octanol–water partition coefficient (Wildman–Crippen LogP) is 15.8. The van der Waals surface area contributed by atoms with Gasteiger partial charge in [-0.15, -0.1) is 0 Å². The Labute approximate surface area is 348 Å². The predicted molar refractivity (Wildman–Crippen MR) is 238 cm³/mol. The summed E-state index contributed by atoms with van der Waals surface area (Å²) in [5.74, 6) is 0.783. The lowest BCUT2D eigenvalue weighted by Crippen LogP contribution is -2.30. The van der Waals surface area contributed by atoms with Crippen LogP contribution in [0.15, 0.2) is 0 Å². The molecule has 0 saturated heterocycles. The van der Waals surface area contributed by atoms with Crippen molar-refractivity contribution in [1.29, 1.82) is 0 Å². The third-order valence-electron chi connectivity index (χ3n) is 11.2. The molecule has 0 amide bonds. The van der Waals surface area contributed by atoms with Crippen LogP contribution in [0.1, 0.15) is 272 Å². The maximum atomic E-state index is 12.7. The van der Waals surface area contributed by atoms with Gasteiger partial charge in [-0.05, 0) is 31.1 Å². The van der Waals surface area contributed by atoms with Gasteiger partial charge in [0.15, 0.2) is 6.10 Å². The van der Waals surface area contributed by atoms with E-state index in [1.165, 1.54) is 161 Å². The summed E-state index contributed by atoms with van der Waals surface area (Å²) in [6, 6.07) is 0. The molecule has 0 aromatic rings. The summed E-state index contributed by atoms with van der Waals surface area (Å²) in [5, 5.41) is 0. The van der Waals surface area contributed by atoms with E-state index in [0.717, 1.165) is 69.6 Å². The number of ether oxygens (including phenoxy) is 3. The van der Waals surface area contributed by atoms with Crippen molar-refractivity contribution in [2.24, 2.45) is 11.8 Å². The van der Waals surface area contributed by atoms with Crippen molar-refractivity contribution in [2.45, 2.75) is 278 Å². The standard InChI is InChI=1S/C50H96O6/c1-6-7-8-9-10-11-15-20-27-32-37-42-50(53)56-47(44-55-49(52)41-36-31-26-22-21-24-29-34-39-46(4)5)43-54-48(51)40-35-30-25-19-17-14-12-13-16-18-23-28-33-38-45(2)3/h45-47H,6-44H2,1-5H3/t47-/m1/s1. The van der Waals surface area contributed by atoms with Gasteiger partial charge in [0, 0.05) is 19.3 Å². The summed E-state index contributed by atoms with van der Waals surface area (Å²) in [4.78, 5) is 37.8. The largest absolute Gasteiger partial charge is 0.462 e. The third-order valence-corrected chi connectivity index (χ3v) is 11.2. The maximum Gasteiger partial charge on any atom is 0.306 e. The molecule has 0 aliphatic rings. The molecule has 0 fully saturated rings. The van der Waals surface area contributed by atoms with Gasteiger partial charge in [-0.25, -0.2) is 0 Å². The monoisotopic (exact) mass is 793 g/mol. The third kappa shape index (κ3) is 43.5. The van der Waals surface area contributed by atoms with Crippen LogP contribution < -0.4 is 0 Å². The van der Waals surface area contributed by atoms with E-state index in [1.54, 1.807) is 0 Å². The SMILES string of the molecule is CCCCCCCCCCCCCC(=O)O[C@H](COC(=O)CCCCCCCCCCCCCCCC(C)C)COC(=O)CCCCCCCCCCC(C)C. The molecule has 6 nitrogen and oxygen atoms in total. The average Bonchev–Trinajstić information content (AvgIpc) is 3.16. The minimum Gasteiger partial charge on any atom is -0.462 e. The first-order valence-electron chi connectivity index (χ1n) is 24.7. The van der Waals surface area contributed by atoms with E-state index in [0.29, 0.717) is 19.3 Å². The molecule has 1 atom stereocenters. The fraction of sp³-hybridized carbons (Fsp3) is 0.940. The minimum absolute atomic E-state index is 0.0643. The Morgan fingerprint density at radius 1 is 0.339 bits per heavy atom. The zero-order valence-corrected chi connectivity index (χ0v) is 38.3. The number of unbranched alkanes of at least 4 members (excludes halogenated alkanes) is 29. The number of carbonyl (C=O) groups is 3. The number of rotatable bonds is 44. The van der Waals surface area contributed by atoms with E-state index in [-0.39, 0.29) is 31.1 Å². The second-order valence-electron chi connectivity index (χ2n) is 18.1. The van der Waals surface area contributed by atoms with Gasteiger partial charge in [-0.1, -0.05) is 234 Å². The molecule has 0 aliphatic carbocycles. The molecule has 0 aliphatic heterocycles. The lowest BCUT2D eigenvalue weighted by molar-refractivity contribution is -0.167. The highest BCUT2D eigenvalue weighted by molar-refractivity contribution is 5.71. The Bertz CT molecular complexity index is 854. The fourth-order valence-electron chi connectivity index (χ4n) is 7.46. The highest BCUT2D eigenvalue weighted by Gasteiger charge is 2.19. The molecule has 56 heavy (non-hydrogen) atoms. The molecule has 0 aromatic carbocycles. The molecule has 0 radical (unpaired) electrons. The quantitative estimate of drug-likeness (QED) is 0.0347. The van der Waals surface area contributed by atoms with Crippen LogP contribution >= 0.6 is 0 Å². The Kier molecular flexibility index (Phi) is 41.8. The lowest BCUT2D eigenvalue weighted by Gasteiger charge is -2.18. The van der Waals surface area contributed by atoms with Crippen molar-refractivity contribution < 1.29 is 28.6 Å². The fourth-order valence-corrected chi connectivity index (χ4v) is 7.46. The van der Waals surface area contributed by atoms with E-state index < -0.39 is 6.10 Å². The Hall–Kier alpha value is -1.59. The van der Waals surface area contributed by atoms with Gasteiger partial charge in [-0.2, -0.15) is 0 Å². The first-order chi connectivity index (χ1) is 27.2. The normalized spacial score (nSPS) is 12.1. The molecule has 0 rings (SSSR count). The first kappa shape index (κ1) is 54.4. The van der Waals surface area contributed by atoms with Crippen molar-refractivity contribution in [1.82, 2.24) is 0 Å². The van der Waals surface area contributed by atoms with Crippen molar-refractivity contribution in [3.8, 4) is 0 Å². The van der Waals surface area contributed by atoms with Gasteiger partial charge < -0.3 is 14.2 Å². The van der Waals surface area contributed by atoms with Crippen molar-refractivity contribution in [3.05, 3.63) is 0 Å². The summed E-state index contributed by atoms with van der Waals surface area (Å²) < 4.78 is 16.8. The van der Waals surface area contributed by atoms with Crippen LogP contribution in [0.5, 0.6) is 0 Å². The van der Waals surface area contributed by atoms with Crippen LogP contribution in [-0.2, 0) is 28.6 Å². The van der Waals surface area contributed by atoms with Gasteiger partial charge in [0.1, 0.15) is 13.2 Å². The highest BCUT2D eigenvalue weighted by Crippen LogP contribution is 2.17. The van der Waals surface area contributed by atoms with Gasteiger partial charge in [-0.3, -0.25) is 14.4 Å². The van der Waals surface area contributed by atoms with Crippen LogP contribution in [0.3, 0.4) is 0 Å². The summed E-state index contributed by atoms with van der Waals surface area (Å²) in [5.41, 5.74) is 0. The number of carbonyl (C=O) groups excluding carboxylic acids is 3. The van der Waals surface area contributed by atoms with E-state index >= 15 is 0 Å². The zero-order chi connectivity index (χ0) is 41.2. The van der Waals surface area contributed by atoms with Crippen LogP contribution in [0.25, 0.3) is 0 Å². The zero-order valence-electron chi connectivity index (χ0n) is 38.3. The van der Waals surface area contributed by atoms with Gasteiger partial charge in [0.05, 0.1) is 0 Å². The topological polar surface area (TPSA) is 78.9 Å². The smallest absolute Gasteiger partial charge is 0.306 e. The summed E-state index contributed by atoms with van der Waals surface area (Å²) in [6.45, 7) is 11.3. The Morgan fingerprint density at radius 2 is 0.589 bits per heavy atom. The van der Waals surface area contributed by atoms with Crippen LogP contribution in [-0.4, -0.2) is 37.2 Å². The molecule has 0 spiro atoms. The second-order valence-corrected chi connectivity index (χ2v) is 18.1. The molecular formula is C50H96O6. The molecule has 0 bridgehead atoms. The Morgan fingerprint density at radius 3 is 0.875 bits per heavy atom. The summed E-state index contributed by atoms with van der Waals surface area (Å²) >= 11 is 0. The number of esters is 3. The first-order valence-corrected chi connectivity index (χ1v) is 24.7. The van der Waals surface area contributed by atoms with E-state index in [9.17, 15) is 14.4 Å². The average molecular weight is 793 g/mol. The van der Waals surface area contributed by atoms with E-state index in [4.69, 9.17) is 14.2 Å². The minimum atomic E-state index is -0.760. The van der Waals surface area contributed by atoms with Crippen LogP contribution in [0.2, 0.25) is 0 Å². The lowest BCUT2D eigenvalue weighted by atomic mass is 10.0. The molecule has 0 saturated carbocycles. The second kappa shape index (κ2) is 43.0. The van der Waals surface area contributed by atoms with E-state index in [2.05, 4.69) is 34.6 Å². The Balaban J connectivity index is 4.29. The van der Waals surface area contributed by atoms with E-state index in [1.807, 2.05) is 0 Å². The number of hydrogen-bond acceptors (Lipinski definition) is 6. The van der Waals surface area contributed by atoms with Crippen molar-refractivity contribution >= 4 is 17.9 Å². The molecule has 0 aromatic heterocycles. The molecule has 0 N–H and O–H groups in total. The van der Waals surface area contributed by atoms with Crippen LogP contribution in [0, 0.1) is 11.8 Å². The summed E-state index contributed by atoms with van der Waals surface area (Å²) in [7, 11) is 0. The molecule has 0 heterocycles.